The van der Waals surface area contributed by atoms with Crippen LogP contribution in [0.2, 0.25) is 0 Å². The van der Waals surface area contributed by atoms with Gasteiger partial charge in [0, 0.05) is 5.56 Å². The van der Waals surface area contributed by atoms with Crippen LogP contribution in [0, 0.1) is 0 Å². The van der Waals surface area contributed by atoms with Crippen LogP contribution in [0.4, 0.5) is 5.95 Å². The van der Waals surface area contributed by atoms with Crippen LogP contribution in [0.5, 0.6) is 0 Å². The molecule has 4 atom stereocenters. The molecule has 0 spiro atoms. The van der Waals surface area contributed by atoms with Gasteiger partial charge in [0.2, 0.25) is 5.95 Å². The predicted octanol–water partition coefficient (Wildman–Crippen LogP) is -2.14. The third kappa shape index (κ3) is 1.75. The number of hydrogen-bond acceptors (Lipinski definition) is 8. The molecule has 0 saturated carbocycles. The maximum atomic E-state index is 9.96. The fraction of sp³-hybridized carbons (Fsp3) is 0.500. The van der Waals surface area contributed by atoms with E-state index in [2.05, 4.69) is 15.1 Å². The van der Waals surface area contributed by atoms with Crippen molar-refractivity contribution in [3.63, 3.8) is 0 Å². The van der Waals surface area contributed by atoms with Gasteiger partial charge < -0.3 is 25.8 Å². The maximum absolute atomic E-state index is 9.96. The highest BCUT2D eigenvalue weighted by Gasteiger charge is 2.44. The molecule has 2 aromatic heterocycles. The van der Waals surface area contributed by atoms with E-state index in [1.54, 1.807) is 0 Å². The van der Waals surface area contributed by atoms with E-state index in [0.717, 1.165) is 0 Å². The largest absolute Gasteiger partial charge is 0.394 e. The minimum atomic E-state index is -1.17. The van der Waals surface area contributed by atoms with Crippen LogP contribution in [0.1, 0.15) is 11.7 Å². The lowest BCUT2D eigenvalue weighted by atomic mass is 10.0. The van der Waals surface area contributed by atoms with Crippen molar-refractivity contribution in [2.75, 3.05) is 12.3 Å². The summed E-state index contributed by atoms with van der Waals surface area (Å²) in [7, 11) is 0. The van der Waals surface area contributed by atoms with Gasteiger partial charge in [0.25, 0.3) is 0 Å². The molecule has 1 aliphatic rings. The SMILES string of the molecule is Nc1ncnc2c([C@@H]3O[C@H](CO)[C@@H](O)[C@H]3O)cnn12. The van der Waals surface area contributed by atoms with Gasteiger partial charge in [-0.15, -0.1) is 0 Å². The molecule has 0 bridgehead atoms. The third-order valence-corrected chi connectivity index (χ3v) is 3.21. The smallest absolute Gasteiger partial charge is 0.224 e. The van der Waals surface area contributed by atoms with E-state index in [1.807, 2.05) is 0 Å². The average Bonchev–Trinajstić information content (AvgIpc) is 2.94. The average molecular weight is 267 g/mol. The first-order valence-corrected chi connectivity index (χ1v) is 5.70. The van der Waals surface area contributed by atoms with Gasteiger partial charge in [0.1, 0.15) is 30.7 Å². The maximum Gasteiger partial charge on any atom is 0.224 e. The molecule has 3 rings (SSSR count). The van der Waals surface area contributed by atoms with Crippen molar-refractivity contribution in [2.24, 2.45) is 0 Å². The number of anilines is 1. The van der Waals surface area contributed by atoms with E-state index in [-0.39, 0.29) is 12.6 Å². The van der Waals surface area contributed by atoms with Crippen molar-refractivity contribution in [1.29, 1.82) is 0 Å². The summed E-state index contributed by atoms with van der Waals surface area (Å²) in [5.74, 6) is 0.156. The number of aromatic nitrogens is 4. The summed E-state index contributed by atoms with van der Waals surface area (Å²) >= 11 is 0. The molecule has 0 amide bonds. The number of nitrogens with zero attached hydrogens (tertiary/aromatic N) is 4. The van der Waals surface area contributed by atoms with Gasteiger partial charge in [-0.1, -0.05) is 0 Å². The molecule has 0 unspecified atom stereocenters. The van der Waals surface area contributed by atoms with Crippen LogP contribution < -0.4 is 5.73 Å². The highest BCUT2D eigenvalue weighted by Crippen LogP contribution is 2.34. The van der Waals surface area contributed by atoms with Crippen LogP contribution in [0.15, 0.2) is 12.5 Å². The first kappa shape index (κ1) is 12.2. The van der Waals surface area contributed by atoms with Gasteiger partial charge in [0.15, 0.2) is 5.65 Å². The molecular formula is C10H13N5O4. The minimum Gasteiger partial charge on any atom is -0.394 e. The lowest BCUT2D eigenvalue weighted by Gasteiger charge is -2.12. The molecule has 0 aliphatic carbocycles. The zero-order chi connectivity index (χ0) is 13.6. The van der Waals surface area contributed by atoms with Crippen molar-refractivity contribution in [3.05, 3.63) is 18.1 Å². The Kier molecular flexibility index (Phi) is 2.82. The summed E-state index contributed by atoms with van der Waals surface area (Å²) in [5, 5.41) is 32.8. The molecule has 1 aliphatic heterocycles. The summed E-state index contributed by atoms with van der Waals surface area (Å²) in [6.45, 7) is -0.384. The molecule has 19 heavy (non-hydrogen) atoms. The molecule has 3 heterocycles. The van der Waals surface area contributed by atoms with Gasteiger partial charge in [0.05, 0.1) is 12.8 Å². The van der Waals surface area contributed by atoms with E-state index in [4.69, 9.17) is 15.6 Å². The summed E-state index contributed by atoms with van der Waals surface area (Å²) in [6.07, 6.45) is -1.27. The molecule has 5 N–H and O–H groups in total. The standard InChI is InChI=1S/C10H13N5O4/c11-10-13-3-12-9-4(1-14-15(9)10)8-7(18)6(17)5(2-16)19-8/h1,3,5-8,16-18H,2H2,(H2,11,12,13)/t5-,6-,7-,8+/m1/s1. The zero-order valence-electron chi connectivity index (χ0n) is 9.79. The Balaban J connectivity index is 2.04. The zero-order valence-corrected chi connectivity index (χ0v) is 9.79. The predicted molar refractivity (Wildman–Crippen MR) is 61.9 cm³/mol. The van der Waals surface area contributed by atoms with Crippen molar-refractivity contribution >= 4 is 11.6 Å². The number of nitrogen functional groups attached to an aromatic ring is 1. The summed E-state index contributed by atoms with van der Waals surface area (Å²) in [5.41, 5.74) is 6.51. The van der Waals surface area contributed by atoms with Crippen LogP contribution >= 0.6 is 0 Å². The molecule has 102 valence electrons. The fourth-order valence-electron chi connectivity index (χ4n) is 2.21. The molecule has 9 nitrogen and oxygen atoms in total. The molecule has 0 radical (unpaired) electrons. The lowest BCUT2D eigenvalue weighted by Crippen LogP contribution is -2.32. The molecular weight excluding hydrogens is 254 g/mol. The Bertz CT molecular complexity index is 603. The molecule has 1 saturated heterocycles. The summed E-state index contributed by atoms with van der Waals surface area (Å²) in [4.78, 5) is 7.82. The Labute approximate surface area is 107 Å². The van der Waals surface area contributed by atoms with Crippen LogP contribution in [0.25, 0.3) is 5.65 Å². The number of ether oxygens (including phenoxy) is 1. The highest BCUT2D eigenvalue weighted by molar-refractivity contribution is 5.50. The van der Waals surface area contributed by atoms with E-state index < -0.39 is 24.4 Å². The van der Waals surface area contributed by atoms with E-state index in [1.165, 1.54) is 17.0 Å². The van der Waals surface area contributed by atoms with Crippen LogP contribution in [-0.2, 0) is 4.74 Å². The topological polar surface area (TPSA) is 139 Å². The van der Waals surface area contributed by atoms with Crippen molar-refractivity contribution in [2.45, 2.75) is 24.4 Å². The van der Waals surface area contributed by atoms with E-state index in [9.17, 15) is 10.2 Å². The second-order valence-corrected chi connectivity index (χ2v) is 4.33. The number of aliphatic hydroxyl groups is 3. The number of hydrogen-bond donors (Lipinski definition) is 4. The van der Waals surface area contributed by atoms with Crippen molar-refractivity contribution in [3.8, 4) is 0 Å². The van der Waals surface area contributed by atoms with Crippen LogP contribution in [0.3, 0.4) is 0 Å². The first-order valence-electron chi connectivity index (χ1n) is 5.70. The monoisotopic (exact) mass is 267 g/mol. The molecule has 9 heteroatoms. The number of fused-ring (bicyclic) bond motifs is 1. The summed E-state index contributed by atoms with van der Waals surface area (Å²) < 4.78 is 6.73. The van der Waals surface area contributed by atoms with Gasteiger partial charge in [-0.05, 0) is 0 Å². The van der Waals surface area contributed by atoms with Crippen molar-refractivity contribution < 1.29 is 20.1 Å². The normalized spacial score (nSPS) is 31.1. The Morgan fingerprint density at radius 1 is 1.32 bits per heavy atom. The van der Waals surface area contributed by atoms with Gasteiger partial charge in [-0.3, -0.25) is 0 Å². The summed E-state index contributed by atoms with van der Waals surface area (Å²) in [6, 6.07) is 0. The first-order chi connectivity index (χ1) is 9.13. The third-order valence-electron chi connectivity index (χ3n) is 3.21. The highest BCUT2D eigenvalue weighted by atomic mass is 16.6. The van der Waals surface area contributed by atoms with E-state index >= 15 is 0 Å². The molecule has 1 fully saturated rings. The van der Waals surface area contributed by atoms with Gasteiger partial charge in [-0.2, -0.15) is 9.61 Å². The second kappa shape index (κ2) is 4.38. The Morgan fingerprint density at radius 3 is 2.79 bits per heavy atom. The Morgan fingerprint density at radius 2 is 2.11 bits per heavy atom. The molecule has 0 aromatic carbocycles. The minimum absolute atomic E-state index is 0.156. The van der Waals surface area contributed by atoms with Gasteiger partial charge >= 0.3 is 0 Å². The van der Waals surface area contributed by atoms with Crippen LogP contribution in [-0.4, -0.2) is 59.8 Å². The Hall–Kier alpha value is -1.81. The fourth-order valence-corrected chi connectivity index (χ4v) is 2.21. The number of aliphatic hydroxyl groups excluding tert-OH is 3. The second-order valence-electron chi connectivity index (χ2n) is 4.33. The quantitative estimate of drug-likeness (QED) is 0.483. The van der Waals surface area contributed by atoms with Crippen molar-refractivity contribution in [1.82, 2.24) is 19.6 Å². The number of nitrogens with two attached hydrogens (primary N) is 1. The number of rotatable bonds is 2. The lowest BCUT2D eigenvalue weighted by molar-refractivity contribution is -0.0224. The van der Waals surface area contributed by atoms with E-state index in [0.29, 0.717) is 11.2 Å². The molecule has 2 aromatic rings. The van der Waals surface area contributed by atoms with Gasteiger partial charge in [-0.25, -0.2) is 9.97 Å².